The average molecular weight is 323 g/mol. The van der Waals surface area contributed by atoms with Gasteiger partial charge in [0.1, 0.15) is 5.82 Å². The number of rotatable bonds is 2. The molecule has 0 unspecified atom stereocenters. The lowest BCUT2D eigenvalue weighted by atomic mass is 10.2. The van der Waals surface area contributed by atoms with E-state index in [-0.39, 0.29) is 5.91 Å². The summed E-state index contributed by atoms with van der Waals surface area (Å²) in [6, 6.07) is 9.20. The van der Waals surface area contributed by atoms with Crippen LogP contribution < -0.4 is 5.32 Å². The number of hydrogen-bond acceptors (Lipinski definition) is 5. The Bertz CT molecular complexity index is 1050. The topological polar surface area (TPSA) is 72.2 Å². The van der Waals surface area contributed by atoms with Gasteiger partial charge in [0.2, 0.25) is 0 Å². The molecule has 4 aromatic rings. The number of nitrogens with one attached hydrogen (secondary N) is 1. The van der Waals surface area contributed by atoms with Gasteiger partial charge in [-0.1, -0.05) is 0 Å². The van der Waals surface area contributed by atoms with Crippen molar-refractivity contribution in [2.24, 2.45) is 0 Å². The van der Waals surface area contributed by atoms with Crippen LogP contribution in [0.3, 0.4) is 0 Å². The van der Waals surface area contributed by atoms with Gasteiger partial charge in [0.15, 0.2) is 5.65 Å². The van der Waals surface area contributed by atoms with Crippen LogP contribution in [0.2, 0.25) is 0 Å². The highest BCUT2D eigenvalue weighted by atomic mass is 32.1. The van der Waals surface area contributed by atoms with Gasteiger partial charge in [-0.05, 0) is 44.2 Å². The highest BCUT2D eigenvalue weighted by Crippen LogP contribution is 2.25. The lowest BCUT2D eigenvalue weighted by Crippen LogP contribution is -2.12. The van der Waals surface area contributed by atoms with E-state index in [9.17, 15) is 4.79 Å². The van der Waals surface area contributed by atoms with Crippen LogP contribution in [0.4, 0.5) is 5.69 Å². The van der Waals surface area contributed by atoms with Gasteiger partial charge in [-0.15, -0.1) is 21.5 Å². The highest BCUT2D eigenvalue weighted by Gasteiger charge is 2.10. The Kier molecular flexibility index (Phi) is 3.09. The molecule has 0 spiro atoms. The zero-order valence-electron chi connectivity index (χ0n) is 12.6. The molecule has 0 aliphatic heterocycles. The van der Waals surface area contributed by atoms with E-state index in [1.807, 2.05) is 36.4 Å². The third kappa shape index (κ3) is 2.44. The number of aromatic nitrogens is 4. The second-order valence-corrected chi connectivity index (χ2v) is 6.50. The summed E-state index contributed by atoms with van der Waals surface area (Å²) < 4.78 is 2.90. The van der Waals surface area contributed by atoms with Gasteiger partial charge in [-0.2, -0.15) is 0 Å². The molecule has 4 rings (SSSR count). The number of fused-ring (bicyclic) bond motifs is 2. The summed E-state index contributed by atoms with van der Waals surface area (Å²) in [5.41, 5.74) is 2.91. The van der Waals surface area contributed by atoms with Gasteiger partial charge in [0.25, 0.3) is 5.91 Å². The maximum Gasteiger partial charge on any atom is 0.255 e. The van der Waals surface area contributed by atoms with Gasteiger partial charge in [-0.3, -0.25) is 9.20 Å². The van der Waals surface area contributed by atoms with E-state index in [1.165, 1.54) is 0 Å². The molecular formula is C16H13N5OS. The van der Waals surface area contributed by atoms with Crippen LogP contribution >= 0.6 is 11.3 Å². The number of aryl methyl sites for hydroxylation is 2. The van der Waals surface area contributed by atoms with Crippen LogP contribution in [0, 0.1) is 13.8 Å². The number of pyridine rings is 1. The van der Waals surface area contributed by atoms with Crippen LogP contribution in [0.1, 0.15) is 21.2 Å². The van der Waals surface area contributed by atoms with E-state index < -0.39 is 0 Å². The van der Waals surface area contributed by atoms with Crippen molar-refractivity contribution in [1.29, 1.82) is 0 Å². The number of benzene rings is 1. The van der Waals surface area contributed by atoms with Crippen molar-refractivity contribution in [3.8, 4) is 0 Å². The Hall–Kier alpha value is -2.80. The van der Waals surface area contributed by atoms with E-state index in [4.69, 9.17) is 0 Å². The van der Waals surface area contributed by atoms with Crippen LogP contribution in [-0.2, 0) is 0 Å². The quantitative estimate of drug-likeness (QED) is 0.615. The zero-order valence-corrected chi connectivity index (χ0v) is 13.4. The van der Waals surface area contributed by atoms with Crippen molar-refractivity contribution < 1.29 is 4.79 Å². The minimum atomic E-state index is -0.172. The molecule has 3 heterocycles. The lowest BCUT2D eigenvalue weighted by molar-refractivity contribution is 0.102. The van der Waals surface area contributed by atoms with Crippen molar-refractivity contribution in [1.82, 2.24) is 19.6 Å². The minimum Gasteiger partial charge on any atom is -0.322 e. The number of carbonyl (C=O) groups is 1. The minimum absolute atomic E-state index is 0.172. The smallest absolute Gasteiger partial charge is 0.255 e. The number of thiazole rings is 1. The van der Waals surface area contributed by atoms with Crippen LogP contribution in [0.5, 0.6) is 0 Å². The van der Waals surface area contributed by atoms with Gasteiger partial charge in [-0.25, -0.2) is 4.98 Å². The van der Waals surface area contributed by atoms with E-state index in [0.717, 1.165) is 26.7 Å². The van der Waals surface area contributed by atoms with Gasteiger partial charge in [0, 0.05) is 17.4 Å². The number of nitrogens with zero attached hydrogens (tertiary/aromatic N) is 4. The van der Waals surface area contributed by atoms with E-state index in [2.05, 4.69) is 20.5 Å². The van der Waals surface area contributed by atoms with E-state index in [0.29, 0.717) is 11.2 Å². The fraction of sp³-hybridized carbons (Fsp3) is 0.125. The number of amides is 1. The van der Waals surface area contributed by atoms with Gasteiger partial charge >= 0.3 is 0 Å². The third-order valence-corrected chi connectivity index (χ3v) is 4.53. The summed E-state index contributed by atoms with van der Waals surface area (Å²) >= 11 is 1.61. The molecule has 1 amide bonds. The standard InChI is InChI=1S/C16H13N5OS/c1-9-19-20-15-7-11(5-6-21(9)15)16(22)18-12-3-4-13-14(8-12)23-10(2)17-13/h3-8H,1-2H3,(H,18,22). The molecule has 0 atom stereocenters. The molecule has 1 aromatic carbocycles. The molecule has 0 radical (unpaired) electrons. The second-order valence-electron chi connectivity index (χ2n) is 5.26. The fourth-order valence-corrected chi connectivity index (χ4v) is 3.34. The predicted octanol–water partition coefficient (Wildman–Crippen LogP) is 3.21. The molecule has 0 bridgehead atoms. The normalized spacial score (nSPS) is 11.2. The molecular weight excluding hydrogens is 310 g/mol. The molecule has 1 N–H and O–H groups in total. The number of carbonyl (C=O) groups excluding carboxylic acids is 1. The molecule has 0 fully saturated rings. The Labute approximate surface area is 135 Å². The molecule has 3 aromatic heterocycles. The predicted molar refractivity (Wildman–Crippen MR) is 90.0 cm³/mol. The number of anilines is 1. The molecule has 6 nitrogen and oxygen atoms in total. The maximum atomic E-state index is 12.4. The summed E-state index contributed by atoms with van der Waals surface area (Å²) in [5.74, 6) is 0.617. The zero-order chi connectivity index (χ0) is 16.0. The van der Waals surface area contributed by atoms with Crippen molar-refractivity contribution in [2.45, 2.75) is 13.8 Å². The van der Waals surface area contributed by atoms with Crippen LogP contribution in [0.15, 0.2) is 36.5 Å². The lowest BCUT2D eigenvalue weighted by Gasteiger charge is -2.05. The Morgan fingerprint density at radius 3 is 2.91 bits per heavy atom. The largest absolute Gasteiger partial charge is 0.322 e. The molecule has 7 heteroatoms. The van der Waals surface area contributed by atoms with E-state index >= 15 is 0 Å². The molecule has 0 aliphatic rings. The molecule has 23 heavy (non-hydrogen) atoms. The van der Waals surface area contributed by atoms with Crippen molar-refractivity contribution in [3.63, 3.8) is 0 Å². The highest BCUT2D eigenvalue weighted by molar-refractivity contribution is 7.18. The molecule has 0 saturated carbocycles. The second kappa shape index (κ2) is 5.13. The van der Waals surface area contributed by atoms with E-state index in [1.54, 1.807) is 29.7 Å². The summed E-state index contributed by atoms with van der Waals surface area (Å²) in [4.78, 5) is 16.8. The fourth-order valence-electron chi connectivity index (χ4n) is 2.47. The van der Waals surface area contributed by atoms with Crippen molar-refractivity contribution in [2.75, 3.05) is 5.32 Å². The first-order chi connectivity index (χ1) is 11.1. The van der Waals surface area contributed by atoms with Crippen molar-refractivity contribution >= 4 is 38.8 Å². The van der Waals surface area contributed by atoms with Crippen LogP contribution in [-0.4, -0.2) is 25.5 Å². The van der Waals surface area contributed by atoms with Crippen molar-refractivity contribution in [3.05, 3.63) is 52.9 Å². The maximum absolute atomic E-state index is 12.4. The first kappa shape index (κ1) is 13.8. The van der Waals surface area contributed by atoms with Gasteiger partial charge < -0.3 is 5.32 Å². The Morgan fingerprint density at radius 2 is 2.04 bits per heavy atom. The summed E-state index contributed by atoms with van der Waals surface area (Å²) in [5, 5.41) is 12.0. The summed E-state index contributed by atoms with van der Waals surface area (Å²) in [6.45, 7) is 3.84. The molecule has 0 aliphatic carbocycles. The Balaban J connectivity index is 1.64. The number of hydrogen-bond donors (Lipinski definition) is 1. The molecule has 0 saturated heterocycles. The SMILES string of the molecule is Cc1nc2ccc(NC(=O)c3ccn4c(C)nnc4c3)cc2s1. The van der Waals surface area contributed by atoms with Crippen LogP contribution in [0.25, 0.3) is 15.9 Å². The molecule has 114 valence electrons. The Morgan fingerprint density at radius 1 is 1.17 bits per heavy atom. The first-order valence-corrected chi connectivity index (χ1v) is 7.92. The first-order valence-electron chi connectivity index (χ1n) is 7.10. The summed E-state index contributed by atoms with van der Waals surface area (Å²) in [6.07, 6.45) is 1.80. The monoisotopic (exact) mass is 323 g/mol. The summed E-state index contributed by atoms with van der Waals surface area (Å²) in [7, 11) is 0. The average Bonchev–Trinajstić information content (AvgIpc) is 3.08. The third-order valence-electron chi connectivity index (χ3n) is 3.60. The van der Waals surface area contributed by atoms with Gasteiger partial charge in [0.05, 0.1) is 15.2 Å².